The Kier molecular flexibility index (Phi) is 4.84. The number of aromatic nitrogens is 2. The SMILES string of the molecule is C=CCN1C(=O)/C(=C/c2cnn(-c3ccccc3Cl)c2)SC1S. The van der Waals surface area contributed by atoms with Crippen LogP contribution in [0.25, 0.3) is 11.8 Å². The van der Waals surface area contributed by atoms with E-state index >= 15 is 0 Å². The molecule has 0 spiro atoms. The number of thiol groups is 1. The van der Waals surface area contributed by atoms with Crippen LogP contribution in [0.2, 0.25) is 5.02 Å². The largest absolute Gasteiger partial charge is 0.313 e. The average Bonchev–Trinajstić information content (AvgIpc) is 3.09. The third-order valence-electron chi connectivity index (χ3n) is 3.30. The lowest BCUT2D eigenvalue weighted by Crippen LogP contribution is -2.29. The van der Waals surface area contributed by atoms with Crippen LogP contribution < -0.4 is 0 Å². The minimum atomic E-state index is -0.189. The second-order valence-electron chi connectivity index (χ2n) is 4.87. The standard InChI is InChI=1S/C16H14ClN3OS2/c1-2-7-19-15(21)14(23-16(19)22)8-11-9-18-20(10-11)13-6-4-3-5-12(13)17/h2-6,8-10,16,22H,1,7H2/b14-8-. The molecule has 4 nitrogen and oxygen atoms in total. The Morgan fingerprint density at radius 2 is 2.22 bits per heavy atom. The predicted molar refractivity (Wildman–Crippen MR) is 98.8 cm³/mol. The van der Waals surface area contributed by atoms with Crippen LogP contribution in [-0.2, 0) is 4.79 Å². The Morgan fingerprint density at radius 1 is 1.43 bits per heavy atom. The maximum Gasteiger partial charge on any atom is 0.262 e. The van der Waals surface area contributed by atoms with E-state index in [0.717, 1.165) is 11.3 Å². The van der Waals surface area contributed by atoms with Crippen molar-refractivity contribution >= 4 is 48.0 Å². The van der Waals surface area contributed by atoms with E-state index in [1.165, 1.54) is 11.8 Å². The van der Waals surface area contributed by atoms with Gasteiger partial charge in [0.25, 0.3) is 5.91 Å². The summed E-state index contributed by atoms with van der Waals surface area (Å²) < 4.78 is 1.50. The van der Waals surface area contributed by atoms with Crippen molar-refractivity contribution in [2.24, 2.45) is 0 Å². The molecule has 0 N–H and O–H groups in total. The average molecular weight is 364 g/mol. The van der Waals surface area contributed by atoms with Crippen LogP contribution in [-0.4, -0.2) is 31.8 Å². The van der Waals surface area contributed by atoms with Gasteiger partial charge in [-0.15, -0.1) is 19.2 Å². The van der Waals surface area contributed by atoms with Crippen LogP contribution >= 0.6 is 36.0 Å². The first-order valence-corrected chi connectivity index (χ1v) is 8.65. The summed E-state index contributed by atoms with van der Waals surface area (Å²) in [6.45, 7) is 4.15. The molecule has 2 aromatic rings. The van der Waals surface area contributed by atoms with Crippen molar-refractivity contribution in [3.05, 3.63) is 64.8 Å². The molecule has 1 atom stereocenters. The van der Waals surface area contributed by atoms with Crippen LogP contribution in [0.1, 0.15) is 5.56 Å². The molecule has 1 saturated heterocycles. The topological polar surface area (TPSA) is 38.1 Å². The minimum Gasteiger partial charge on any atom is -0.313 e. The zero-order chi connectivity index (χ0) is 16.4. The van der Waals surface area contributed by atoms with Crippen molar-refractivity contribution in [3.63, 3.8) is 0 Å². The second kappa shape index (κ2) is 6.86. The Morgan fingerprint density at radius 3 is 2.96 bits per heavy atom. The maximum absolute atomic E-state index is 12.3. The quantitative estimate of drug-likeness (QED) is 0.509. The normalized spacial score (nSPS) is 19.6. The number of halogens is 1. The number of rotatable bonds is 4. The van der Waals surface area contributed by atoms with Gasteiger partial charge < -0.3 is 4.90 Å². The summed E-state index contributed by atoms with van der Waals surface area (Å²) >= 11 is 12.0. The number of amides is 1. The molecule has 23 heavy (non-hydrogen) atoms. The molecular formula is C16H14ClN3OS2. The highest BCUT2D eigenvalue weighted by atomic mass is 35.5. The van der Waals surface area contributed by atoms with Crippen molar-refractivity contribution in [1.82, 2.24) is 14.7 Å². The first kappa shape index (κ1) is 16.2. The van der Waals surface area contributed by atoms with Gasteiger partial charge in [0, 0.05) is 18.3 Å². The van der Waals surface area contributed by atoms with Gasteiger partial charge in [-0.05, 0) is 18.2 Å². The first-order chi connectivity index (χ1) is 11.1. The lowest BCUT2D eigenvalue weighted by molar-refractivity contribution is -0.124. The van der Waals surface area contributed by atoms with E-state index in [-0.39, 0.29) is 10.6 Å². The van der Waals surface area contributed by atoms with Gasteiger partial charge in [0.2, 0.25) is 0 Å². The van der Waals surface area contributed by atoms with Gasteiger partial charge in [-0.25, -0.2) is 4.68 Å². The van der Waals surface area contributed by atoms with Gasteiger partial charge in [-0.3, -0.25) is 4.79 Å². The van der Waals surface area contributed by atoms with Crippen LogP contribution in [0, 0.1) is 0 Å². The third-order valence-corrected chi connectivity index (χ3v) is 5.22. The van der Waals surface area contributed by atoms with E-state index in [1.54, 1.807) is 21.9 Å². The summed E-state index contributed by atoms with van der Waals surface area (Å²) in [4.78, 5) is 14.6. The summed E-state index contributed by atoms with van der Waals surface area (Å²) in [5.41, 5.74) is 1.63. The lowest BCUT2D eigenvalue weighted by atomic mass is 10.3. The monoisotopic (exact) mass is 363 g/mol. The summed E-state index contributed by atoms with van der Waals surface area (Å²) in [7, 11) is 0. The molecule has 1 aliphatic heterocycles. The number of nitrogens with zero attached hydrogens (tertiary/aromatic N) is 3. The molecule has 0 aliphatic carbocycles. The molecule has 1 unspecified atom stereocenters. The predicted octanol–water partition coefficient (Wildman–Crippen LogP) is 3.84. The van der Waals surface area contributed by atoms with Gasteiger partial charge in [-0.2, -0.15) is 5.10 Å². The molecule has 1 amide bonds. The third kappa shape index (κ3) is 3.34. The smallest absolute Gasteiger partial charge is 0.262 e. The van der Waals surface area contributed by atoms with Gasteiger partial charge in [0.15, 0.2) is 0 Å². The van der Waals surface area contributed by atoms with Crippen molar-refractivity contribution in [2.75, 3.05) is 6.54 Å². The minimum absolute atomic E-state index is 0.0413. The number of carbonyl (C=O) groups excluding carboxylic acids is 1. The molecule has 7 heteroatoms. The van der Waals surface area contributed by atoms with E-state index in [4.69, 9.17) is 11.6 Å². The fraction of sp³-hybridized carbons (Fsp3) is 0.125. The van der Waals surface area contributed by atoms with Crippen molar-refractivity contribution in [2.45, 2.75) is 4.71 Å². The lowest BCUT2D eigenvalue weighted by Gasteiger charge is -2.16. The maximum atomic E-state index is 12.3. The van der Waals surface area contributed by atoms with Crippen molar-refractivity contribution in [3.8, 4) is 5.69 Å². The highest BCUT2D eigenvalue weighted by molar-refractivity contribution is 8.14. The zero-order valence-corrected chi connectivity index (χ0v) is 14.6. The van der Waals surface area contributed by atoms with Crippen molar-refractivity contribution < 1.29 is 4.79 Å². The van der Waals surface area contributed by atoms with Crippen LogP contribution in [0.3, 0.4) is 0 Å². The number of benzene rings is 1. The molecule has 1 aromatic heterocycles. The van der Waals surface area contributed by atoms with Gasteiger partial charge in [0.1, 0.15) is 4.71 Å². The second-order valence-corrected chi connectivity index (χ2v) is 7.24. The molecule has 118 valence electrons. The van der Waals surface area contributed by atoms with Crippen LogP contribution in [0.15, 0.2) is 54.2 Å². The van der Waals surface area contributed by atoms with Gasteiger partial charge >= 0.3 is 0 Å². The van der Waals surface area contributed by atoms with Crippen LogP contribution in [0.4, 0.5) is 0 Å². The summed E-state index contributed by atoms with van der Waals surface area (Å²) in [5.74, 6) is -0.0413. The number of thioether (sulfide) groups is 1. The number of carbonyl (C=O) groups is 1. The molecule has 1 fully saturated rings. The fourth-order valence-electron chi connectivity index (χ4n) is 2.21. The van der Waals surface area contributed by atoms with E-state index in [0.29, 0.717) is 16.5 Å². The molecule has 3 rings (SSSR count). The zero-order valence-electron chi connectivity index (χ0n) is 12.1. The van der Waals surface area contributed by atoms with Crippen molar-refractivity contribution in [1.29, 1.82) is 0 Å². The molecule has 1 aromatic carbocycles. The summed E-state index contributed by atoms with van der Waals surface area (Å²) in [6.07, 6.45) is 7.05. The Bertz CT molecular complexity index is 787. The number of hydrogen-bond donors (Lipinski definition) is 1. The molecule has 0 radical (unpaired) electrons. The Hall–Kier alpha value is -1.63. The first-order valence-electron chi connectivity index (χ1n) is 6.88. The van der Waals surface area contributed by atoms with E-state index in [9.17, 15) is 4.79 Å². The number of para-hydroxylation sites is 1. The van der Waals surface area contributed by atoms with Crippen LogP contribution in [0.5, 0.6) is 0 Å². The van der Waals surface area contributed by atoms with E-state index < -0.39 is 0 Å². The molecular weight excluding hydrogens is 350 g/mol. The Balaban J connectivity index is 1.86. The summed E-state index contributed by atoms with van der Waals surface area (Å²) in [6, 6.07) is 7.46. The summed E-state index contributed by atoms with van der Waals surface area (Å²) in [5, 5.41) is 4.93. The molecule has 2 heterocycles. The molecule has 0 saturated carbocycles. The molecule has 1 aliphatic rings. The number of hydrogen-bond acceptors (Lipinski definition) is 4. The highest BCUT2D eigenvalue weighted by Gasteiger charge is 2.33. The van der Waals surface area contributed by atoms with E-state index in [2.05, 4.69) is 24.3 Å². The Labute approximate surface area is 149 Å². The highest BCUT2D eigenvalue weighted by Crippen LogP contribution is 2.37. The van der Waals surface area contributed by atoms with Gasteiger partial charge in [-0.1, -0.05) is 41.6 Å². The fourth-order valence-corrected chi connectivity index (χ4v) is 3.93. The van der Waals surface area contributed by atoms with E-state index in [1.807, 2.05) is 36.5 Å². The molecule has 0 bridgehead atoms. The van der Waals surface area contributed by atoms with Gasteiger partial charge in [0.05, 0.1) is 21.8 Å².